The third-order valence-electron chi connectivity index (χ3n) is 5.66. The molecule has 3 heterocycles. The molecule has 1 aromatic carbocycles. The van der Waals surface area contributed by atoms with Crippen LogP contribution >= 0.6 is 11.3 Å². The van der Waals surface area contributed by atoms with Crippen molar-refractivity contribution in [2.24, 2.45) is 0 Å². The van der Waals surface area contributed by atoms with Crippen LogP contribution in [0.2, 0.25) is 0 Å². The molecule has 0 spiro atoms. The number of carbonyl (C=O) groups excluding carboxylic acids is 1. The van der Waals surface area contributed by atoms with Gasteiger partial charge in [-0.1, -0.05) is 31.4 Å². The quantitative estimate of drug-likeness (QED) is 0.723. The first-order valence-electron chi connectivity index (χ1n) is 9.18. The Balaban J connectivity index is 1.67. The number of carbonyl (C=O) groups is 1. The minimum absolute atomic E-state index is 0.0347. The minimum atomic E-state index is -0.225. The number of aromatic nitrogens is 3. The number of anilines is 1. The Bertz CT molecular complexity index is 1040. The molecule has 0 bridgehead atoms. The van der Waals surface area contributed by atoms with Crippen LogP contribution in [0.25, 0.3) is 10.2 Å². The summed E-state index contributed by atoms with van der Waals surface area (Å²) in [6.45, 7) is 0. The Morgan fingerprint density at radius 1 is 1.15 bits per heavy atom. The molecule has 0 radical (unpaired) electrons. The SMILES string of the molecule is O=C1CC(c2cccc3ncsc23)c2c(n(C3CCCCC3)[nH]c2=O)N1. The maximum atomic E-state index is 12.9. The fourth-order valence-corrected chi connectivity index (χ4v) is 5.30. The molecule has 1 fully saturated rings. The molecule has 1 aliphatic carbocycles. The van der Waals surface area contributed by atoms with E-state index in [0.717, 1.165) is 41.5 Å². The van der Waals surface area contributed by atoms with Crippen LogP contribution in [0.4, 0.5) is 5.82 Å². The van der Waals surface area contributed by atoms with Gasteiger partial charge in [-0.25, -0.2) is 4.98 Å². The topological polar surface area (TPSA) is 79.8 Å². The molecule has 2 aliphatic rings. The first kappa shape index (κ1) is 15.8. The summed E-state index contributed by atoms with van der Waals surface area (Å²) < 4.78 is 2.98. The van der Waals surface area contributed by atoms with Crippen LogP contribution in [-0.2, 0) is 4.79 Å². The van der Waals surface area contributed by atoms with Gasteiger partial charge in [-0.3, -0.25) is 19.4 Å². The van der Waals surface area contributed by atoms with E-state index in [4.69, 9.17) is 0 Å². The number of thiazole rings is 1. The van der Waals surface area contributed by atoms with E-state index in [0.29, 0.717) is 17.8 Å². The van der Waals surface area contributed by atoms with Crippen LogP contribution in [0.15, 0.2) is 28.5 Å². The lowest BCUT2D eigenvalue weighted by atomic mass is 9.87. The molecule has 134 valence electrons. The summed E-state index contributed by atoms with van der Waals surface area (Å²) in [7, 11) is 0. The average molecular weight is 368 g/mol. The van der Waals surface area contributed by atoms with Crippen LogP contribution < -0.4 is 10.9 Å². The molecule has 5 rings (SSSR count). The Kier molecular flexibility index (Phi) is 3.70. The van der Waals surface area contributed by atoms with Crippen LogP contribution in [0, 0.1) is 0 Å². The Labute approximate surface area is 154 Å². The van der Waals surface area contributed by atoms with Crippen LogP contribution in [-0.4, -0.2) is 20.7 Å². The van der Waals surface area contributed by atoms with Gasteiger partial charge in [0, 0.05) is 12.3 Å². The summed E-state index contributed by atoms with van der Waals surface area (Å²) in [6, 6.07) is 6.20. The third-order valence-corrected chi connectivity index (χ3v) is 6.55. The summed E-state index contributed by atoms with van der Waals surface area (Å²) in [4.78, 5) is 29.7. The molecule has 2 N–H and O–H groups in total. The van der Waals surface area contributed by atoms with E-state index < -0.39 is 0 Å². The lowest BCUT2D eigenvalue weighted by molar-refractivity contribution is -0.116. The molecular weight excluding hydrogens is 348 g/mol. The molecule has 7 heteroatoms. The van der Waals surface area contributed by atoms with Gasteiger partial charge in [0.15, 0.2) is 0 Å². The van der Waals surface area contributed by atoms with E-state index in [9.17, 15) is 9.59 Å². The van der Waals surface area contributed by atoms with E-state index in [-0.39, 0.29) is 23.4 Å². The van der Waals surface area contributed by atoms with Crippen LogP contribution in [0.1, 0.15) is 61.6 Å². The number of fused-ring (bicyclic) bond motifs is 2. The van der Waals surface area contributed by atoms with E-state index in [1.165, 1.54) is 6.42 Å². The number of amides is 1. The second-order valence-electron chi connectivity index (χ2n) is 7.22. The molecule has 2 aromatic heterocycles. The van der Waals surface area contributed by atoms with Gasteiger partial charge in [0.05, 0.1) is 27.3 Å². The Hall–Kier alpha value is -2.41. The second kappa shape index (κ2) is 6.09. The second-order valence-corrected chi connectivity index (χ2v) is 8.07. The van der Waals surface area contributed by atoms with Crippen molar-refractivity contribution < 1.29 is 4.79 Å². The molecule has 1 atom stereocenters. The molecule has 1 unspecified atom stereocenters. The highest BCUT2D eigenvalue weighted by atomic mass is 32.1. The summed E-state index contributed by atoms with van der Waals surface area (Å²) in [5.41, 5.74) is 4.36. The zero-order chi connectivity index (χ0) is 17.7. The summed E-state index contributed by atoms with van der Waals surface area (Å²) in [5, 5.41) is 5.99. The number of benzene rings is 1. The van der Waals surface area contributed by atoms with Crippen LogP contribution in [0.3, 0.4) is 0 Å². The Morgan fingerprint density at radius 3 is 2.85 bits per heavy atom. The zero-order valence-electron chi connectivity index (χ0n) is 14.3. The smallest absolute Gasteiger partial charge is 0.270 e. The molecular formula is C19H20N4O2S. The van der Waals surface area contributed by atoms with Crippen molar-refractivity contribution in [3.63, 3.8) is 0 Å². The summed E-state index contributed by atoms with van der Waals surface area (Å²) in [5.74, 6) is 0.411. The number of aromatic amines is 1. The van der Waals surface area contributed by atoms with Gasteiger partial charge in [-0.15, -0.1) is 11.3 Å². The van der Waals surface area contributed by atoms with Crippen LogP contribution in [0.5, 0.6) is 0 Å². The standard InChI is InChI=1S/C19H20N4O2S/c24-15-9-13(12-7-4-8-14-17(12)26-10-20-14)16-18(21-15)23(22-19(16)25)11-5-2-1-3-6-11/h4,7-8,10-11,13H,1-3,5-6,9H2,(H,21,24)(H,22,25). The van der Waals surface area contributed by atoms with Gasteiger partial charge in [-0.2, -0.15) is 0 Å². The van der Waals surface area contributed by atoms with Gasteiger partial charge in [0.1, 0.15) is 5.82 Å². The number of nitrogens with one attached hydrogen (secondary N) is 2. The highest BCUT2D eigenvalue weighted by Crippen LogP contribution is 2.41. The zero-order valence-corrected chi connectivity index (χ0v) is 15.1. The minimum Gasteiger partial charge on any atom is -0.311 e. The summed E-state index contributed by atoms with van der Waals surface area (Å²) in [6.07, 6.45) is 5.95. The lowest BCUT2D eigenvalue weighted by Gasteiger charge is -2.28. The van der Waals surface area contributed by atoms with Gasteiger partial charge >= 0.3 is 0 Å². The molecule has 1 saturated carbocycles. The number of nitrogens with zero attached hydrogens (tertiary/aromatic N) is 2. The van der Waals surface area contributed by atoms with Crippen molar-refractivity contribution in [2.45, 2.75) is 50.5 Å². The van der Waals surface area contributed by atoms with E-state index in [1.807, 2.05) is 28.4 Å². The number of rotatable bonds is 2. The van der Waals surface area contributed by atoms with E-state index in [2.05, 4.69) is 15.4 Å². The molecule has 6 nitrogen and oxygen atoms in total. The van der Waals surface area contributed by atoms with Crippen molar-refractivity contribution >= 4 is 33.3 Å². The van der Waals surface area contributed by atoms with Crippen molar-refractivity contribution in [3.8, 4) is 0 Å². The normalized spacial score (nSPS) is 20.9. The molecule has 26 heavy (non-hydrogen) atoms. The van der Waals surface area contributed by atoms with Crippen molar-refractivity contribution in [2.75, 3.05) is 5.32 Å². The maximum absolute atomic E-state index is 12.9. The van der Waals surface area contributed by atoms with E-state index in [1.54, 1.807) is 11.3 Å². The Morgan fingerprint density at radius 2 is 2.00 bits per heavy atom. The monoisotopic (exact) mass is 368 g/mol. The van der Waals surface area contributed by atoms with Gasteiger partial charge in [-0.05, 0) is 24.5 Å². The predicted molar refractivity (Wildman–Crippen MR) is 102 cm³/mol. The largest absolute Gasteiger partial charge is 0.311 e. The van der Waals surface area contributed by atoms with E-state index >= 15 is 0 Å². The van der Waals surface area contributed by atoms with Gasteiger partial charge in [0.2, 0.25) is 5.91 Å². The number of hydrogen-bond donors (Lipinski definition) is 2. The summed E-state index contributed by atoms with van der Waals surface area (Å²) >= 11 is 1.56. The highest BCUT2D eigenvalue weighted by molar-refractivity contribution is 7.17. The number of hydrogen-bond acceptors (Lipinski definition) is 4. The van der Waals surface area contributed by atoms with Crippen molar-refractivity contribution in [1.29, 1.82) is 0 Å². The van der Waals surface area contributed by atoms with Crippen molar-refractivity contribution in [3.05, 3.63) is 45.2 Å². The average Bonchev–Trinajstić information content (AvgIpc) is 3.26. The molecule has 1 amide bonds. The number of H-pyrrole nitrogens is 1. The fraction of sp³-hybridized carbons (Fsp3) is 0.421. The van der Waals surface area contributed by atoms with Gasteiger partial charge < -0.3 is 5.32 Å². The highest BCUT2D eigenvalue weighted by Gasteiger charge is 2.35. The van der Waals surface area contributed by atoms with Crippen molar-refractivity contribution in [1.82, 2.24) is 14.8 Å². The molecule has 1 aliphatic heterocycles. The first-order valence-corrected chi connectivity index (χ1v) is 10.1. The predicted octanol–water partition coefficient (Wildman–Crippen LogP) is 3.77. The third kappa shape index (κ3) is 2.41. The first-order chi connectivity index (χ1) is 12.7. The fourth-order valence-electron chi connectivity index (χ4n) is 4.45. The van der Waals surface area contributed by atoms with Gasteiger partial charge in [0.25, 0.3) is 5.56 Å². The maximum Gasteiger partial charge on any atom is 0.270 e. The molecule has 3 aromatic rings. The molecule has 0 saturated heterocycles. The lowest BCUT2D eigenvalue weighted by Crippen LogP contribution is -2.27.